The zero-order valence-electron chi connectivity index (χ0n) is 17.1. The molecule has 4 rings (SSSR count). The lowest BCUT2D eigenvalue weighted by Crippen LogP contribution is -2.26. The van der Waals surface area contributed by atoms with Gasteiger partial charge in [-0.1, -0.05) is 23.7 Å². The van der Waals surface area contributed by atoms with E-state index in [9.17, 15) is 18.0 Å². The molecule has 4 aromatic rings. The smallest absolute Gasteiger partial charge is 0.352 e. The standard InChI is InChI=1S/C21H18ClF3N6O/c1-3-26-20(32)13-6-4-12(8-15(13)21(23,24)25)19-28-17(31(2)30-19)9-11-5-7-16-14(18(11)22)10-27-29-16/h4-8,10H,3,9H2,1-2H3,(H,26,32)(H,27,29). The van der Waals surface area contributed by atoms with Gasteiger partial charge in [-0.3, -0.25) is 14.6 Å². The zero-order chi connectivity index (χ0) is 23.0. The first kappa shape index (κ1) is 21.8. The molecule has 7 nitrogen and oxygen atoms in total. The third-order valence-corrected chi connectivity index (χ3v) is 5.45. The van der Waals surface area contributed by atoms with Gasteiger partial charge in [0.25, 0.3) is 5.91 Å². The Morgan fingerprint density at radius 2 is 2.03 bits per heavy atom. The maximum absolute atomic E-state index is 13.6. The minimum atomic E-state index is -4.71. The van der Waals surface area contributed by atoms with Crippen LogP contribution in [0.3, 0.4) is 0 Å². The van der Waals surface area contributed by atoms with Gasteiger partial charge in [0.2, 0.25) is 0 Å². The molecule has 2 heterocycles. The Morgan fingerprint density at radius 1 is 1.25 bits per heavy atom. The number of alkyl halides is 3. The van der Waals surface area contributed by atoms with Gasteiger partial charge in [-0.2, -0.15) is 23.4 Å². The number of benzene rings is 2. The quantitative estimate of drug-likeness (QED) is 0.461. The number of hydrogen-bond donors (Lipinski definition) is 2. The highest BCUT2D eigenvalue weighted by Gasteiger charge is 2.35. The minimum Gasteiger partial charge on any atom is -0.352 e. The largest absolute Gasteiger partial charge is 0.417 e. The minimum absolute atomic E-state index is 0.121. The van der Waals surface area contributed by atoms with E-state index >= 15 is 0 Å². The lowest BCUT2D eigenvalue weighted by Gasteiger charge is -2.13. The van der Waals surface area contributed by atoms with Gasteiger partial charge in [0.1, 0.15) is 5.82 Å². The van der Waals surface area contributed by atoms with Crippen LogP contribution in [0.4, 0.5) is 13.2 Å². The summed E-state index contributed by atoms with van der Waals surface area (Å²) in [5, 5.41) is 14.8. The van der Waals surface area contributed by atoms with Crippen LogP contribution >= 0.6 is 11.6 Å². The first-order chi connectivity index (χ1) is 15.2. The summed E-state index contributed by atoms with van der Waals surface area (Å²) in [7, 11) is 1.66. The number of carbonyl (C=O) groups is 1. The summed E-state index contributed by atoms with van der Waals surface area (Å²) < 4.78 is 42.3. The fourth-order valence-corrected chi connectivity index (χ4v) is 3.68. The van der Waals surface area contributed by atoms with Gasteiger partial charge in [0.05, 0.1) is 27.9 Å². The Bertz CT molecular complexity index is 1310. The van der Waals surface area contributed by atoms with Crippen LogP contribution in [0.5, 0.6) is 0 Å². The number of rotatable bonds is 5. The van der Waals surface area contributed by atoms with Gasteiger partial charge in [-0.25, -0.2) is 4.98 Å². The summed E-state index contributed by atoms with van der Waals surface area (Å²) >= 11 is 6.47. The molecule has 0 bridgehead atoms. The van der Waals surface area contributed by atoms with E-state index < -0.39 is 23.2 Å². The molecule has 0 unspecified atom stereocenters. The van der Waals surface area contributed by atoms with Crippen molar-refractivity contribution in [1.29, 1.82) is 0 Å². The van der Waals surface area contributed by atoms with Crippen LogP contribution in [0.1, 0.15) is 34.2 Å². The second kappa shape index (κ2) is 8.27. The van der Waals surface area contributed by atoms with Crippen molar-refractivity contribution in [1.82, 2.24) is 30.3 Å². The van der Waals surface area contributed by atoms with Gasteiger partial charge in [-0.15, -0.1) is 0 Å². The van der Waals surface area contributed by atoms with E-state index in [0.29, 0.717) is 17.3 Å². The Hall–Kier alpha value is -3.40. The van der Waals surface area contributed by atoms with E-state index in [-0.39, 0.29) is 17.9 Å². The van der Waals surface area contributed by atoms with Crippen molar-refractivity contribution in [2.45, 2.75) is 19.5 Å². The molecular formula is C21H18ClF3N6O. The maximum Gasteiger partial charge on any atom is 0.417 e. The lowest BCUT2D eigenvalue weighted by atomic mass is 10.0. The molecular weight excluding hydrogens is 445 g/mol. The number of aryl methyl sites for hydroxylation is 1. The van der Waals surface area contributed by atoms with Crippen LogP contribution in [-0.4, -0.2) is 37.4 Å². The predicted molar refractivity (Wildman–Crippen MR) is 113 cm³/mol. The lowest BCUT2D eigenvalue weighted by molar-refractivity contribution is -0.137. The van der Waals surface area contributed by atoms with E-state index in [4.69, 9.17) is 11.6 Å². The highest BCUT2D eigenvalue weighted by molar-refractivity contribution is 6.36. The summed E-state index contributed by atoms with van der Waals surface area (Å²) in [4.78, 5) is 16.5. The molecule has 0 aliphatic carbocycles. The Labute approximate surface area is 185 Å². The molecule has 0 spiro atoms. The molecule has 0 fully saturated rings. The normalized spacial score (nSPS) is 11.8. The first-order valence-electron chi connectivity index (χ1n) is 9.69. The molecule has 2 aromatic heterocycles. The van der Waals surface area contributed by atoms with Crippen molar-refractivity contribution in [3.8, 4) is 11.4 Å². The number of carbonyl (C=O) groups excluding carboxylic acids is 1. The van der Waals surface area contributed by atoms with Crippen LogP contribution in [0.15, 0.2) is 36.5 Å². The molecule has 0 aliphatic heterocycles. The zero-order valence-corrected chi connectivity index (χ0v) is 17.8. The topological polar surface area (TPSA) is 88.5 Å². The summed E-state index contributed by atoms with van der Waals surface area (Å²) in [6.45, 7) is 1.85. The second-order valence-electron chi connectivity index (χ2n) is 7.14. The molecule has 11 heteroatoms. The average Bonchev–Trinajstić information content (AvgIpc) is 3.36. The average molecular weight is 463 g/mol. The number of amides is 1. The molecule has 32 heavy (non-hydrogen) atoms. The fourth-order valence-electron chi connectivity index (χ4n) is 3.40. The summed E-state index contributed by atoms with van der Waals surface area (Å²) in [6, 6.07) is 7.12. The van der Waals surface area contributed by atoms with E-state index in [1.807, 2.05) is 12.1 Å². The van der Waals surface area contributed by atoms with Crippen molar-refractivity contribution >= 4 is 28.4 Å². The fraction of sp³-hybridized carbons (Fsp3) is 0.238. The molecule has 0 radical (unpaired) electrons. The molecule has 0 saturated heterocycles. The third kappa shape index (κ3) is 4.05. The van der Waals surface area contributed by atoms with Crippen molar-refractivity contribution in [2.24, 2.45) is 7.05 Å². The number of fused-ring (bicyclic) bond motifs is 1. The SMILES string of the molecule is CCNC(=O)c1ccc(-c2nc(Cc3ccc4[nH]ncc4c3Cl)n(C)n2)cc1C(F)(F)F. The number of halogens is 4. The maximum atomic E-state index is 13.6. The van der Waals surface area contributed by atoms with Crippen molar-refractivity contribution in [3.63, 3.8) is 0 Å². The van der Waals surface area contributed by atoms with Gasteiger partial charge in [0, 0.05) is 31.0 Å². The van der Waals surface area contributed by atoms with Gasteiger partial charge < -0.3 is 5.32 Å². The van der Waals surface area contributed by atoms with Crippen molar-refractivity contribution in [2.75, 3.05) is 6.54 Å². The van der Waals surface area contributed by atoms with Crippen LogP contribution in [0, 0.1) is 0 Å². The number of aromatic nitrogens is 5. The Morgan fingerprint density at radius 3 is 2.75 bits per heavy atom. The van der Waals surface area contributed by atoms with Crippen LogP contribution < -0.4 is 5.32 Å². The molecule has 0 aliphatic rings. The van der Waals surface area contributed by atoms with Crippen LogP contribution in [0.25, 0.3) is 22.3 Å². The Kier molecular flexibility index (Phi) is 5.64. The molecule has 166 valence electrons. The van der Waals surface area contributed by atoms with E-state index in [1.54, 1.807) is 20.2 Å². The second-order valence-corrected chi connectivity index (χ2v) is 7.52. The predicted octanol–water partition coefficient (Wildman–Crippen LogP) is 4.37. The summed E-state index contributed by atoms with van der Waals surface area (Å²) in [5.74, 6) is -0.146. The molecule has 1 amide bonds. The molecule has 0 saturated carbocycles. The van der Waals surface area contributed by atoms with Crippen LogP contribution in [0.2, 0.25) is 5.02 Å². The summed E-state index contributed by atoms with van der Waals surface area (Å²) in [5.41, 5.74) is 0.251. The Balaban J connectivity index is 1.70. The van der Waals surface area contributed by atoms with Crippen LogP contribution in [-0.2, 0) is 19.6 Å². The van der Waals surface area contributed by atoms with E-state index in [2.05, 4.69) is 25.6 Å². The first-order valence-corrected chi connectivity index (χ1v) is 10.1. The number of H-pyrrole nitrogens is 1. The number of hydrogen-bond acceptors (Lipinski definition) is 4. The van der Waals surface area contributed by atoms with Gasteiger partial charge >= 0.3 is 6.18 Å². The summed E-state index contributed by atoms with van der Waals surface area (Å²) in [6.07, 6.45) is -2.76. The third-order valence-electron chi connectivity index (χ3n) is 5.01. The molecule has 0 atom stereocenters. The molecule has 2 aromatic carbocycles. The van der Waals surface area contributed by atoms with E-state index in [0.717, 1.165) is 28.6 Å². The van der Waals surface area contributed by atoms with E-state index in [1.165, 1.54) is 10.7 Å². The number of nitrogens with zero attached hydrogens (tertiary/aromatic N) is 4. The van der Waals surface area contributed by atoms with Gasteiger partial charge in [-0.05, 0) is 30.7 Å². The highest BCUT2D eigenvalue weighted by Crippen LogP contribution is 2.35. The van der Waals surface area contributed by atoms with Crippen molar-refractivity contribution in [3.05, 3.63) is 64.1 Å². The highest BCUT2D eigenvalue weighted by atomic mass is 35.5. The van der Waals surface area contributed by atoms with Crippen molar-refractivity contribution < 1.29 is 18.0 Å². The van der Waals surface area contributed by atoms with Gasteiger partial charge in [0.15, 0.2) is 5.82 Å². The monoisotopic (exact) mass is 462 g/mol. The molecule has 2 N–H and O–H groups in total. The number of nitrogens with one attached hydrogen (secondary N) is 2. The number of aromatic amines is 1.